The van der Waals surface area contributed by atoms with E-state index in [1.54, 1.807) is 6.20 Å². The third-order valence-corrected chi connectivity index (χ3v) is 7.86. The Kier molecular flexibility index (Phi) is 5.52. The molecule has 2 aliphatic carbocycles. The van der Waals surface area contributed by atoms with E-state index in [0.717, 1.165) is 36.1 Å². The summed E-state index contributed by atoms with van der Waals surface area (Å²) in [6.45, 7) is 2.71. The molecule has 0 bridgehead atoms. The molecule has 0 unspecified atom stereocenters. The molecule has 5 rings (SSSR count). The summed E-state index contributed by atoms with van der Waals surface area (Å²) in [5.41, 5.74) is 3.20. The average molecular weight is 430 g/mol. The quantitative estimate of drug-likeness (QED) is 0.605. The number of aliphatic hydroxyl groups is 2. The predicted octanol–water partition coefficient (Wildman–Crippen LogP) is 4.91. The van der Waals surface area contributed by atoms with Crippen LogP contribution in [0.5, 0.6) is 5.75 Å². The van der Waals surface area contributed by atoms with E-state index in [1.807, 2.05) is 48.7 Å². The Morgan fingerprint density at radius 2 is 1.91 bits per heavy atom. The van der Waals surface area contributed by atoms with Gasteiger partial charge in [0.15, 0.2) is 0 Å². The monoisotopic (exact) mass is 429 g/mol. The van der Waals surface area contributed by atoms with Gasteiger partial charge in [-0.25, -0.2) is 0 Å². The van der Waals surface area contributed by atoms with Gasteiger partial charge in [-0.3, -0.25) is 4.98 Å². The molecule has 2 aliphatic rings. The van der Waals surface area contributed by atoms with Crippen molar-refractivity contribution in [3.63, 3.8) is 0 Å². The van der Waals surface area contributed by atoms with Gasteiger partial charge >= 0.3 is 0 Å². The van der Waals surface area contributed by atoms with E-state index in [1.165, 1.54) is 11.1 Å². The summed E-state index contributed by atoms with van der Waals surface area (Å²) < 4.78 is 6.04. The van der Waals surface area contributed by atoms with Crippen molar-refractivity contribution in [3.8, 4) is 5.75 Å². The topological polar surface area (TPSA) is 62.6 Å². The highest BCUT2D eigenvalue weighted by Gasteiger charge is 2.55. The number of aromatic nitrogens is 1. The first-order chi connectivity index (χ1) is 15.5. The van der Waals surface area contributed by atoms with Gasteiger partial charge in [-0.2, -0.15) is 0 Å². The molecule has 2 aromatic carbocycles. The van der Waals surface area contributed by atoms with Gasteiger partial charge in [0.05, 0.1) is 6.10 Å². The highest BCUT2D eigenvalue weighted by molar-refractivity contribution is 5.44. The van der Waals surface area contributed by atoms with E-state index in [2.05, 4.69) is 30.1 Å². The van der Waals surface area contributed by atoms with Crippen molar-refractivity contribution >= 4 is 0 Å². The van der Waals surface area contributed by atoms with Gasteiger partial charge in [-0.1, -0.05) is 49.4 Å². The van der Waals surface area contributed by atoms with E-state index in [4.69, 9.17) is 4.74 Å². The first-order valence-electron chi connectivity index (χ1n) is 11.7. The molecule has 0 spiro atoms. The van der Waals surface area contributed by atoms with Crippen LogP contribution in [0.4, 0.5) is 0 Å². The maximum Gasteiger partial charge on any atom is 0.120 e. The number of aliphatic hydroxyl groups excluding tert-OH is 1. The van der Waals surface area contributed by atoms with Crippen LogP contribution >= 0.6 is 0 Å². The first kappa shape index (κ1) is 21.2. The molecule has 32 heavy (non-hydrogen) atoms. The number of benzene rings is 2. The lowest BCUT2D eigenvalue weighted by Crippen LogP contribution is -2.56. The number of pyridine rings is 1. The first-order valence-corrected chi connectivity index (χ1v) is 11.7. The fourth-order valence-electron chi connectivity index (χ4n) is 6.09. The summed E-state index contributed by atoms with van der Waals surface area (Å²) in [6, 6.07) is 20.0. The standard InChI is InChI=1S/C28H31NO3/c1-2-27-17-26(30)28(31,22-8-4-3-5-9-22)16-23(27)11-10-21-15-24(12-13-25(21)27)32-19-20-7-6-14-29-18-20/h3-9,12-15,18,23,26,30-31H,2,10-11,16-17,19H2,1H3/t23-,26+,27-,28-/m1/s1. The van der Waals surface area contributed by atoms with E-state index >= 15 is 0 Å². The highest BCUT2D eigenvalue weighted by atomic mass is 16.5. The van der Waals surface area contributed by atoms with Gasteiger partial charge in [0.1, 0.15) is 18.0 Å². The van der Waals surface area contributed by atoms with Gasteiger partial charge in [-0.15, -0.1) is 0 Å². The molecule has 4 nitrogen and oxygen atoms in total. The van der Waals surface area contributed by atoms with Crippen LogP contribution in [0.1, 0.15) is 54.9 Å². The van der Waals surface area contributed by atoms with Crippen molar-refractivity contribution in [1.82, 2.24) is 4.98 Å². The number of ether oxygens (including phenoxy) is 1. The van der Waals surface area contributed by atoms with E-state index in [0.29, 0.717) is 25.4 Å². The lowest BCUT2D eigenvalue weighted by molar-refractivity contribution is -0.146. The molecule has 1 heterocycles. The van der Waals surface area contributed by atoms with Gasteiger partial charge in [0.2, 0.25) is 0 Å². The molecule has 1 saturated carbocycles. The maximum absolute atomic E-state index is 11.6. The van der Waals surface area contributed by atoms with Crippen LogP contribution in [0.3, 0.4) is 0 Å². The third-order valence-electron chi connectivity index (χ3n) is 7.86. The van der Waals surface area contributed by atoms with Gasteiger partial charge in [-0.05, 0) is 72.9 Å². The molecule has 2 N–H and O–H groups in total. The molecule has 4 heteroatoms. The number of hydrogen-bond donors (Lipinski definition) is 2. The zero-order valence-corrected chi connectivity index (χ0v) is 18.6. The predicted molar refractivity (Wildman–Crippen MR) is 124 cm³/mol. The van der Waals surface area contributed by atoms with Crippen molar-refractivity contribution in [2.45, 2.75) is 62.8 Å². The molecule has 1 fully saturated rings. The Morgan fingerprint density at radius 1 is 1.06 bits per heavy atom. The summed E-state index contributed by atoms with van der Waals surface area (Å²) in [5.74, 6) is 1.20. The molecular formula is C28H31NO3. The number of fused-ring (bicyclic) bond motifs is 3. The summed E-state index contributed by atoms with van der Waals surface area (Å²) in [6.07, 6.45) is 6.87. The zero-order valence-electron chi connectivity index (χ0n) is 18.6. The fourth-order valence-corrected chi connectivity index (χ4v) is 6.09. The molecular weight excluding hydrogens is 398 g/mol. The van der Waals surface area contributed by atoms with Crippen molar-refractivity contribution < 1.29 is 14.9 Å². The van der Waals surface area contributed by atoms with Gasteiger partial charge in [0, 0.05) is 23.4 Å². The molecule has 0 aliphatic heterocycles. The number of aryl methyl sites for hydroxylation is 1. The summed E-state index contributed by atoms with van der Waals surface area (Å²) >= 11 is 0. The molecule has 0 radical (unpaired) electrons. The van der Waals surface area contributed by atoms with Crippen molar-refractivity contribution in [2.24, 2.45) is 5.92 Å². The zero-order chi connectivity index (χ0) is 22.2. The van der Waals surface area contributed by atoms with Crippen LogP contribution in [0.25, 0.3) is 0 Å². The lowest BCUT2D eigenvalue weighted by Gasteiger charge is -2.55. The smallest absolute Gasteiger partial charge is 0.120 e. The Bertz CT molecular complexity index is 1070. The van der Waals surface area contributed by atoms with Crippen LogP contribution in [-0.2, 0) is 24.0 Å². The Balaban J connectivity index is 1.42. The highest BCUT2D eigenvalue weighted by Crippen LogP contribution is 2.56. The Labute approximate surface area is 189 Å². The molecule has 0 saturated heterocycles. The summed E-state index contributed by atoms with van der Waals surface area (Å²) in [5, 5.41) is 22.8. The molecule has 166 valence electrons. The number of rotatable bonds is 5. The molecule has 0 amide bonds. The lowest BCUT2D eigenvalue weighted by atomic mass is 9.52. The van der Waals surface area contributed by atoms with Crippen LogP contribution in [0.2, 0.25) is 0 Å². The van der Waals surface area contributed by atoms with Crippen molar-refractivity contribution in [2.75, 3.05) is 0 Å². The largest absolute Gasteiger partial charge is 0.489 e. The summed E-state index contributed by atoms with van der Waals surface area (Å²) in [4.78, 5) is 4.15. The van der Waals surface area contributed by atoms with Crippen LogP contribution in [0, 0.1) is 5.92 Å². The summed E-state index contributed by atoms with van der Waals surface area (Å²) in [7, 11) is 0. The van der Waals surface area contributed by atoms with Crippen molar-refractivity contribution in [1.29, 1.82) is 0 Å². The SMILES string of the molecule is CC[C@@]12C[C@H](O)[C@](O)(c3ccccc3)C[C@H]1CCc1cc(OCc3cccnc3)ccc12. The molecule has 4 atom stereocenters. The second-order valence-electron chi connectivity index (χ2n) is 9.43. The van der Waals surface area contributed by atoms with E-state index < -0.39 is 11.7 Å². The fraction of sp³-hybridized carbons (Fsp3) is 0.393. The minimum absolute atomic E-state index is 0.115. The average Bonchev–Trinajstić information content (AvgIpc) is 2.84. The minimum atomic E-state index is -1.19. The van der Waals surface area contributed by atoms with Crippen molar-refractivity contribution in [3.05, 3.63) is 95.3 Å². The van der Waals surface area contributed by atoms with Crippen LogP contribution in [0.15, 0.2) is 73.1 Å². The maximum atomic E-state index is 11.6. The third kappa shape index (κ3) is 3.52. The Morgan fingerprint density at radius 3 is 2.66 bits per heavy atom. The number of nitrogens with zero attached hydrogens (tertiary/aromatic N) is 1. The van der Waals surface area contributed by atoms with Crippen LogP contribution in [-0.4, -0.2) is 21.3 Å². The van der Waals surface area contributed by atoms with Crippen LogP contribution < -0.4 is 4.74 Å². The van der Waals surface area contributed by atoms with E-state index in [-0.39, 0.29) is 5.41 Å². The second kappa shape index (κ2) is 8.34. The van der Waals surface area contributed by atoms with E-state index in [9.17, 15) is 10.2 Å². The minimum Gasteiger partial charge on any atom is -0.489 e. The molecule has 3 aromatic rings. The van der Waals surface area contributed by atoms with Gasteiger partial charge < -0.3 is 14.9 Å². The number of hydrogen-bond acceptors (Lipinski definition) is 4. The second-order valence-corrected chi connectivity index (χ2v) is 9.43. The Hall–Kier alpha value is -2.69. The normalized spacial score (nSPS) is 29.1. The molecule has 1 aromatic heterocycles. The van der Waals surface area contributed by atoms with Gasteiger partial charge in [0.25, 0.3) is 0 Å².